The molecule has 174 valence electrons. The molecule has 8 nitrogen and oxygen atoms in total. The molecule has 2 aliphatic rings. The molecule has 1 saturated heterocycles. The fourth-order valence-electron chi connectivity index (χ4n) is 3.67. The van der Waals surface area contributed by atoms with E-state index < -0.39 is 5.60 Å². The summed E-state index contributed by atoms with van der Waals surface area (Å²) in [4.78, 5) is 25.4. The van der Waals surface area contributed by atoms with Crippen LogP contribution in [0.3, 0.4) is 0 Å². The van der Waals surface area contributed by atoms with Gasteiger partial charge in [0.25, 0.3) is 0 Å². The van der Waals surface area contributed by atoms with Crippen LogP contribution in [0.25, 0.3) is 11.5 Å². The molecule has 1 aromatic heterocycles. The Morgan fingerprint density at radius 3 is 2.75 bits per heavy atom. The number of nitrogens with one attached hydrogen (secondary N) is 1. The zero-order valence-electron chi connectivity index (χ0n) is 18.5. The van der Waals surface area contributed by atoms with Crippen LogP contribution < -0.4 is 5.32 Å². The minimum atomic E-state index is -0.495. The van der Waals surface area contributed by atoms with Crippen molar-refractivity contribution in [3.63, 3.8) is 0 Å². The first-order valence-corrected chi connectivity index (χ1v) is 10.5. The smallest absolute Gasteiger partial charge is 0.410 e. The molecule has 32 heavy (non-hydrogen) atoms. The highest BCUT2D eigenvalue weighted by Gasteiger charge is 2.36. The molecule has 0 bridgehead atoms. The number of piperazine rings is 1. The third-order valence-electron chi connectivity index (χ3n) is 5.17. The van der Waals surface area contributed by atoms with Crippen LogP contribution in [0, 0.1) is 5.82 Å². The summed E-state index contributed by atoms with van der Waals surface area (Å²) in [6.07, 6.45) is 2.03. The van der Waals surface area contributed by atoms with Gasteiger partial charge in [-0.1, -0.05) is 0 Å². The second-order valence-corrected chi connectivity index (χ2v) is 8.77. The maximum Gasteiger partial charge on any atom is 0.410 e. The van der Waals surface area contributed by atoms with Crippen LogP contribution in [0.4, 0.5) is 9.18 Å². The summed E-state index contributed by atoms with van der Waals surface area (Å²) in [6, 6.07) is 6.23. The molecule has 1 aromatic carbocycles. The van der Waals surface area contributed by atoms with E-state index in [2.05, 4.69) is 20.2 Å². The lowest BCUT2D eigenvalue weighted by Crippen LogP contribution is -2.57. The summed E-state index contributed by atoms with van der Waals surface area (Å²) >= 11 is 0. The Labute approximate surface area is 204 Å². The number of ether oxygens (including phenoxy) is 1. The number of halogens is 2. The van der Waals surface area contributed by atoms with E-state index in [1.54, 1.807) is 23.3 Å². The number of nitrogens with zero attached hydrogens (tertiary/aromatic N) is 4. The summed E-state index contributed by atoms with van der Waals surface area (Å²) in [7, 11) is 0. The summed E-state index contributed by atoms with van der Waals surface area (Å²) in [6.45, 7) is 8.87. The van der Waals surface area contributed by atoms with Crippen molar-refractivity contribution in [2.45, 2.75) is 38.8 Å². The van der Waals surface area contributed by atoms with Gasteiger partial charge in [0.15, 0.2) is 5.96 Å². The van der Waals surface area contributed by atoms with Crippen LogP contribution in [-0.4, -0.2) is 71.2 Å². The van der Waals surface area contributed by atoms with Gasteiger partial charge >= 0.3 is 6.09 Å². The Hall–Kier alpha value is -2.37. The van der Waals surface area contributed by atoms with Crippen molar-refractivity contribution in [3.8, 4) is 11.5 Å². The quantitative estimate of drug-likeness (QED) is 0.580. The first-order chi connectivity index (χ1) is 14.8. The lowest BCUT2D eigenvalue weighted by atomic mass is 10.2. The van der Waals surface area contributed by atoms with Gasteiger partial charge in [0, 0.05) is 38.2 Å². The number of hydrogen-bond donors (Lipinski definition) is 1. The standard InChI is InChI=1S/C22H28FN5O3.HI/c1-22(2,3)31-21(29)27-10-11-28-18(13-27)12-25-20(28)24-9-8-17-14-30-19(26-17)15-4-6-16(23)7-5-15;/h4-7,14,18H,8-13H2,1-3H3,(H,24,25);1H. The van der Waals surface area contributed by atoms with Crippen molar-refractivity contribution >= 4 is 36.0 Å². The van der Waals surface area contributed by atoms with Gasteiger partial charge in [0.2, 0.25) is 5.89 Å². The second kappa shape index (κ2) is 10.1. The van der Waals surface area contributed by atoms with E-state index in [4.69, 9.17) is 9.15 Å². The van der Waals surface area contributed by atoms with Gasteiger partial charge in [-0.05, 0) is 45.0 Å². The van der Waals surface area contributed by atoms with Gasteiger partial charge in [0.05, 0.1) is 18.3 Å². The Bertz CT molecular complexity index is 957. The molecule has 1 N–H and O–H groups in total. The van der Waals surface area contributed by atoms with Gasteiger partial charge in [-0.25, -0.2) is 14.2 Å². The number of oxazole rings is 1. The number of carbonyl (C=O) groups is 1. The Morgan fingerprint density at radius 1 is 1.28 bits per heavy atom. The summed E-state index contributed by atoms with van der Waals surface area (Å²) < 4.78 is 24.1. The Kier molecular flexibility index (Phi) is 7.63. The molecule has 2 aliphatic heterocycles. The van der Waals surface area contributed by atoms with Crippen LogP contribution in [0.15, 0.2) is 39.9 Å². The molecule has 3 heterocycles. The topological polar surface area (TPSA) is 83.2 Å². The molecule has 10 heteroatoms. The van der Waals surface area contributed by atoms with E-state index in [1.165, 1.54) is 12.1 Å². The van der Waals surface area contributed by atoms with Gasteiger partial charge < -0.3 is 24.3 Å². The summed E-state index contributed by atoms with van der Waals surface area (Å²) in [5, 5.41) is 3.38. The minimum Gasteiger partial charge on any atom is -0.444 e. The van der Waals surface area contributed by atoms with E-state index in [-0.39, 0.29) is 41.9 Å². The third-order valence-corrected chi connectivity index (χ3v) is 5.17. The van der Waals surface area contributed by atoms with Crippen LogP contribution in [0.1, 0.15) is 26.5 Å². The number of aromatic nitrogens is 1. The summed E-state index contributed by atoms with van der Waals surface area (Å²) in [5.74, 6) is 1.05. The number of rotatable bonds is 4. The Morgan fingerprint density at radius 2 is 2.03 bits per heavy atom. The maximum absolute atomic E-state index is 13.1. The number of guanidine groups is 1. The van der Waals surface area contributed by atoms with Crippen LogP contribution in [0.2, 0.25) is 0 Å². The molecule has 1 amide bonds. The van der Waals surface area contributed by atoms with Crippen molar-refractivity contribution in [1.82, 2.24) is 20.1 Å². The number of benzene rings is 1. The zero-order chi connectivity index (χ0) is 22.0. The predicted molar refractivity (Wildman–Crippen MR) is 130 cm³/mol. The predicted octanol–water partition coefficient (Wildman–Crippen LogP) is 3.52. The molecule has 0 spiro atoms. The number of aliphatic imine (C=N–C) groups is 1. The van der Waals surface area contributed by atoms with Crippen LogP contribution in [0.5, 0.6) is 0 Å². The SMILES string of the molecule is CC(C)(C)OC(=O)N1CCN2C(NCCc3coc(-c4ccc(F)cc4)n3)=NCC2C1.I. The fraction of sp³-hybridized carbons (Fsp3) is 0.500. The van der Waals surface area contributed by atoms with E-state index in [1.807, 2.05) is 20.8 Å². The third kappa shape index (κ3) is 5.90. The van der Waals surface area contributed by atoms with Crippen molar-refractivity contribution in [2.75, 3.05) is 32.7 Å². The highest BCUT2D eigenvalue weighted by atomic mass is 127. The monoisotopic (exact) mass is 557 g/mol. The molecule has 1 unspecified atom stereocenters. The fourth-order valence-corrected chi connectivity index (χ4v) is 3.67. The number of carbonyl (C=O) groups excluding carboxylic acids is 1. The normalized spacial score (nSPS) is 18.0. The average molecular weight is 557 g/mol. The molecule has 0 aliphatic carbocycles. The number of amides is 1. The largest absolute Gasteiger partial charge is 0.444 e. The van der Waals surface area contributed by atoms with E-state index in [0.29, 0.717) is 45.0 Å². The van der Waals surface area contributed by atoms with Crippen LogP contribution >= 0.6 is 24.0 Å². The van der Waals surface area contributed by atoms with Crippen molar-refractivity contribution < 1.29 is 18.3 Å². The molecule has 0 radical (unpaired) electrons. The van der Waals surface area contributed by atoms with E-state index in [9.17, 15) is 9.18 Å². The van der Waals surface area contributed by atoms with Crippen molar-refractivity contribution in [1.29, 1.82) is 0 Å². The van der Waals surface area contributed by atoms with E-state index in [0.717, 1.165) is 17.2 Å². The molecular formula is C22H29FIN5O3. The molecular weight excluding hydrogens is 528 g/mol. The van der Waals surface area contributed by atoms with E-state index >= 15 is 0 Å². The van der Waals surface area contributed by atoms with Crippen molar-refractivity contribution in [2.24, 2.45) is 4.99 Å². The maximum atomic E-state index is 13.1. The van der Waals surface area contributed by atoms with Crippen molar-refractivity contribution in [3.05, 3.63) is 42.0 Å². The lowest BCUT2D eigenvalue weighted by Gasteiger charge is -2.39. The number of fused-ring (bicyclic) bond motifs is 1. The first kappa shape index (κ1) is 24.3. The number of hydrogen-bond acceptors (Lipinski definition) is 7. The van der Waals surface area contributed by atoms with Gasteiger partial charge in [-0.15, -0.1) is 24.0 Å². The summed E-state index contributed by atoms with van der Waals surface area (Å²) in [5.41, 5.74) is 1.06. The molecule has 4 rings (SSSR count). The van der Waals surface area contributed by atoms with Gasteiger partial charge in [0.1, 0.15) is 17.7 Å². The zero-order valence-corrected chi connectivity index (χ0v) is 20.8. The highest BCUT2D eigenvalue weighted by molar-refractivity contribution is 14.0. The molecule has 1 fully saturated rings. The molecule has 1 atom stereocenters. The average Bonchev–Trinajstić information content (AvgIpc) is 3.34. The minimum absolute atomic E-state index is 0. The molecule has 0 saturated carbocycles. The van der Waals surface area contributed by atoms with Gasteiger partial charge in [-0.2, -0.15) is 0 Å². The molecule has 2 aromatic rings. The Balaban J connectivity index is 0.00000289. The van der Waals surface area contributed by atoms with Crippen LogP contribution in [-0.2, 0) is 11.2 Å². The highest BCUT2D eigenvalue weighted by Crippen LogP contribution is 2.20. The second-order valence-electron chi connectivity index (χ2n) is 8.77. The lowest BCUT2D eigenvalue weighted by molar-refractivity contribution is 0.0137. The first-order valence-electron chi connectivity index (χ1n) is 10.5. The van der Waals surface area contributed by atoms with Gasteiger partial charge in [-0.3, -0.25) is 4.99 Å².